The molecule has 0 spiro atoms. The number of piperidine rings is 1. The van der Waals surface area contributed by atoms with Gasteiger partial charge < -0.3 is 23.9 Å². The molecule has 7 nitrogen and oxygen atoms in total. The second-order valence-corrected chi connectivity index (χ2v) is 5.84. The van der Waals surface area contributed by atoms with Gasteiger partial charge in [0.1, 0.15) is 11.4 Å². The average molecular weight is 320 g/mol. The predicted octanol–water partition coefficient (Wildman–Crippen LogP) is 2.10. The third-order valence-corrected chi connectivity index (χ3v) is 4.59. The van der Waals surface area contributed by atoms with Gasteiger partial charge in [0.2, 0.25) is 0 Å². The van der Waals surface area contributed by atoms with Gasteiger partial charge in [0, 0.05) is 31.8 Å². The molecule has 0 amide bonds. The molecule has 1 saturated heterocycles. The quantitative estimate of drug-likeness (QED) is 0.923. The number of hydrogen-bond donors (Lipinski definition) is 1. The second-order valence-electron chi connectivity index (χ2n) is 5.84. The van der Waals surface area contributed by atoms with Crippen LogP contribution in [-0.2, 0) is 10.3 Å². The Morgan fingerprint density at radius 3 is 2.65 bits per heavy atom. The lowest BCUT2D eigenvalue weighted by Gasteiger charge is -2.37. The number of pyridine rings is 1. The number of aromatic carboxylic acids is 1. The van der Waals surface area contributed by atoms with Crippen LogP contribution >= 0.6 is 0 Å². The molecule has 1 fully saturated rings. The summed E-state index contributed by atoms with van der Waals surface area (Å²) in [6.45, 7) is 1.76. The molecule has 7 heteroatoms. The van der Waals surface area contributed by atoms with E-state index in [9.17, 15) is 9.90 Å². The molecule has 1 aliphatic heterocycles. The molecular weight excluding hydrogens is 300 g/mol. The van der Waals surface area contributed by atoms with E-state index in [0.29, 0.717) is 16.7 Å². The van der Waals surface area contributed by atoms with Gasteiger partial charge in [0.15, 0.2) is 5.58 Å². The molecule has 1 N–H and O–H groups in total. The molecule has 124 valence electrons. The van der Waals surface area contributed by atoms with Crippen molar-refractivity contribution in [2.24, 2.45) is 0 Å². The van der Waals surface area contributed by atoms with Crippen molar-refractivity contribution in [3.8, 4) is 5.88 Å². The zero-order chi connectivity index (χ0) is 16.6. The molecule has 0 aliphatic carbocycles. The summed E-state index contributed by atoms with van der Waals surface area (Å²) in [7, 11) is 5.20. The van der Waals surface area contributed by atoms with E-state index in [0.717, 1.165) is 25.9 Å². The highest BCUT2D eigenvalue weighted by Gasteiger charge is 2.39. The summed E-state index contributed by atoms with van der Waals surface area (Å²) >= 11 is 0. The number of nitrogens with zero attached hydrogens (tertiary/aromatic N) is 2. The van der Waals surface area contributed by atoms with E-state index >= 15 is 0 Å². The minimum Gasteiger partial charge on any atom is -0.478 e. The Balaban J connectivity index is 2.15. The fourth-order valence-electron chi connectivity index (χ4n) is 3.07. The smallest absolute Gasteiger partial charge is 0.338 e. The number of hydrogen-bond acceptors (Lipinski definition) is 6. The van der Waals surface area contributed by atoms with Crippen LogP contribution in [0.4, 0.5) is 0 Å². The van der Waals surface area contributed by atoms with Gasteiger partial charge in [-0.05, 0) is 26.0 Å². The average Bonchev–Trinajstić information content (AvgIpc) is 3.00. The molecule has 1 aliphatic rings. The number of carboxylic acids is 1. The van der Waals surface area contributed by atoms with Crippen molar-refractivity contribution < 1.29 is 23.8 Å². The first-order chi connectivity index (χ1) is 11.0. The Kier molecular flexibility index (Phi) is 3.99. The van der Waals surface area contributed by atoms with E-state index in [4.69, 9.17) is 13.9 Å². The van der Waals surface area contributed by atoms with Crippen molar-refractivity contribution in [3.63, 3.8) is 0 Å². The van der Waals surface area contributed by atoms with Crippen molar-refractivity contribution in [2.45, 2.75) is 18.4 Å². The molecule has 23 heavy (non-hydrogen) atoms. The fourth-order valence-corrected chi connectivity index (χ4v) is 3.07. The van der Waals surface area contributed by atoms with Gasteiger partial charge in [0.05, 0.1) is 12.7 Å². The van der Waals surface area contributed by atoms with Crippen molar-refractivity contribution in [1.29, 1.82) is 0 Å². The summed E-state index contributed by atoms with van der Waals surface area (Å²) in [5.74, 6) is -0.153. The molecule has 0 atom stereocenters. The predicted molar refractivity (Wildman–Crippen MR) is 82.9 cm³/mol. The molecule has 0 saturated carbocycles. The van der Waals surface area contributed by atoms with Gasteiger partial charge >= 0.3 is 5.97 Å². The lowest BCUT2D eigenvalue weighted by molar-refractivity contribution is -0.0720. The topological polar surface area (TPSA) is 85.0 Å². The van der Waals surface area contributed by atoms with Crippen molar-refractivity contribution in [1.82, 2.24) is 9.88 Å². The van der Waals surface area contributed by atoms with E-state index in [1.807, 2.05) is 0 Å². The minimum atomic E-state index is -1.05. The van der Waals surface area contributed by atoms with Crippen LogP contribution in [0.5, 0.6) is 5.88 Å². The number of furan rings is 1. The Morgan fingerprint density at radius 2 is 2.09 bits per heavy atom. The van der Waals surface area contributed by atoms with Gasteiger partial charge in [-0.2, -0.15) is 0 Å². The highest BCUT2D eigenvalue weighted by molar-refractivity contribution is 6.03. The van der Waals surface area contributed by atoms with Gasteiger partial charge in [-0.15, -0.1) is 0 Å². The van der Waals surface area contributed by atoms with Crippen molar-refractivity contribution in [2.75, 3.05) is 34.4 Å². The largest absolute Gasteiger partial charge is 0.478 e. The van der Waals surface area contributed by atoms with Crippen LogP contribution in [0.15, 0.2) is 16.7 Å². The lowest BCUT2D eigenvalue weighted by Crippen LogP contribution is -2.41. The van der Waals surface area contributed by atoms with Crippen LogP contribution in [0.25, 0.3) is 11.0 Å². The van der Waals surface area contributed by atoms with E-state index < -0.39 is 11.6 Å². The number of fused-ring (bicyclic) bond motifs is 1. The molecule has 0 aromatic carbocycles. The maximum Gasteiger partial charge on any atom is 0.338 e. The van der Waals surface area contributed by atoms with Gasteiger partial charge in [-0.3, -0.25) is 0 Å². The summed E-state index contributed by atoms with van der Waals surface area (Å²) in [6.07, 6.45) is 2.84. The summed E-state index contributed by atoms with van der Waals surface area (Å²) in [4.78, 5) is 17.7. The molecular formula is C16H20N2O5. The molecule has 0 unspecified atom stereocenters. The number of ether oxygens (including phenoxy) is 2. The van der Waals surface area contributed by atoms with E-state index in [1.54, 1.807) is 13.2 Å². The van der Waals surface area contributed by atoms with E-state index in [-0.39, 0.29) is 11.4 Å². The van der Waals surface area contributed by atoms with Crippen LogP contribution in [0.1, 0.15) is 29.0 Å². The maximum atomic E-state index is 11.4. The highest BCUT2D eigenvalue weighted by atomic mass is 16.5. The molecule has 3 rings (SSSR count). The van der Waals surface area contributed by atoms with Gasteiger partial charge in [0.25, 0.3) is 5.88 Å². The summed E-state index contributed by atoms with van der Waals surface area (Å²) in [5.41, 5.74) is -0.112. The Hall–Kier alpha value is -2.12. The normalized spacial score (nSPS) is 18.2. The molecule has 3 heterocycles. The second kappa shape index (κ2) is 5.82. The Labute approximate surface area is 133 Å². The van der Waals surface area contributed by atoms with Crippen molar-refractivity contribution in [3.05, 3.63) is 23.6 Å². The number of aromatic nitrogens is 1. The maximum absolute atomic E-state index is 11.4. The van der Waals surface area contributed by atoms with Crippen molar-refractivity contribution >= 4 is 16.9 Å². The number of methoxy groups -OCH3 is 2. The lowest BCUT2D eigenvalue weighted by atomic mass is 9.88. The van der Waals surface area contributed by atoms with Crippen LogP contribution < -0.4 is 4.74 Å². The van der Waals surface area contributed by atoms with E-state index in [1.165, 1.54) is 13.3 Å². The third kappa shape index (κ3) is 2.55. The standard InChI is InChI=1S/C16H20N2O5/c1-18-6-4-16(22-3,5-7-18)12-8-10-11(15(19)20)9-17-14(21-2)13(10)23-12/h8-9H,4-7H2,1-3H3,(H,19,20). The SMILES string of the molecule is COc1ncc(C(=O)O)c2cc(C3(OC)CCN(C)CC3)oc12. The summed E-state index contributed by atoms with van der Waals surface area (Å²) in [6, 6.07) is 1.75. The van der Waals surface area contributed by atoms with Crippen LogP contribution in [0.3, 0.4) is 0 Å². The van der Waals surface area contributed by atoms with Crippen LogP contribution in [0, 0.1) is 0 Å². The first-order valence-electron chi connectivity index (χ1n) is 7.45. The fraction of sp³-hybridized carbons (Fsp3) is 0.500. The summed E-state index contributed by atoms with van der Waals surface area (Å²) < 4.78 is 16.9. The Morgan fingerprint density at radius 1 is 1.39 bits per heavy atom. The number of carbonyl (C=O) groups is 1. The first-order valence-corrected chi connectivity index (χ1v) is 7.45. The molecule has 0 bridgehead atoms. The Bertz CT molecular complexity index is 731. The van der Waals surface area contributed by atoms with E-state index in [2.05, 4.69) is 16.9 Å². The minimum absolute atomic E-state index is 0.0926. The van der Waals surface area contributed by atoms with Gasteiger partial charge in [-0.25, -0.2) is 9.78 Å². The highest BCUT2D eigenvalue weighted by Crippen LogP contribution is 2.40. The summed E-state index contributed by atoms with van der Waals surface area (Å²) in [5, 5.41) is 9.84. The zero-order valence-corrected chi connectivity index (χ0v) is 13.5. The van der Waals surface area contributed by atoms with Crippen LogP contribution in [0.2, 0.25) is 0 Å². The molecule has 2 aromatic heterocycles. The number of carboxylic acid groups (broad SMARTS) is 1. The monoisotopic (exact) mass is 320 g/mol. The number of likely N-dealkylation sites (tertiary alicyclic amines) is 1. The first kappa shape index (κ1) is 15.8. The molecule has 0 radical (unpaired) electrons. The molecule has 2 aromatic rings. The zero-order valence-electron chi connectivity index (χ0n) is 13.5. The third-order valence-electron chi connectivity index (χ3n) is 4.59. The van der Waals surface area contributed by atoms with Gasteiger partial charge in [-0.1, -0.05) is 0 Å². The van der Waals surface area contributed by atoms with Crippen LogP contribution in [-0.4, -0.2) is 55.3 Å². The number of rotatable bonds is 4.